The molecule has 1 atom stereocenters. The summed E-state index contributed by atoms with van der Waals surface area (Å²) in [6.45, 7) is 4.01. The summed E-state index contributed by atoms with van der Waals surface area (Å²) >= 11 is 0. The van der Waals surface area contributed by atoms with Crippen LogP contribution in [-0.4, -0.2) is 43.0 Å². The topological polar surface area (TPSA) is 79.9 Å². The Morgan fingerprint density at radius 2 is 1.67 bits per heavy atom. The quantitative estimate of drug-likeness (QED) is 0.789. The molecule has 2 heterocycles. The van der Waals surface area contributed by atoms with Crippen molar-refractivity contribution in [3.63, 3.8) is 0 Å². The zero-order valence-corrected chi connectivity index (χ0v) is 17.1. The lowest BCUT2D eigenvalue weighted by atomic mass is 10.0. The summed E-state index contributed by atoms with van der Waals surface area (Å²) in [6.07, 6.45) is 2.95. The molecule has 7 nitrogen and oxygen atoms in total. The van der Waals surface area contributed by atoms with Gasteiger partial charge in [0.25, 0.3) is 0 Å². The molecule has 2 aromatic rings. The van der Waals surface area contributed by atoms with E-state index in [1.807, 2.05) is 6.07 Å². The van der Waals surface area contributed by atoms with Gasteiger partial charge in [0, 0.05) is 30.8 Å². The van der Waals surface area contributed by atoms with Crippen LogP contribution in [-0.2, 0) is 9.59 Å². The third kappa shape index (κ3) is 4.91. The number of likely N-dealkylation sites (tertiary alicyclic amines) is 1. The van der Waals surface area contributed by atoms with Gasteiger partial charge in [-0.05, 0) is 61.3 Å². The number of carbonyl (C=O) groups is 2. The normalized spacial score (nSPS) is 18.5. The average molecular weight is 409 g/mol. The maximum absolute atomic E-state index is 12.6. The molecular formula is C23H27N3O4. The van der Waals surface area contributed by atoms with Crippen LogP contribution in [0.5, 0.6) is 11.5 Å². The second kappa shape index (κ2) is 9.17. The fourth-order valence-electron chi connectivity index (χ4n) is 4.01. The van der Waals surface area contributed by atoms with Crippen LogP contribution in [0.1, 0.15) is 37.8 Å². The molecule has 0 aliphatic carbocycles. The van der Waals surface area contributed by atoms with Gasteiger partial charge in [-0.15, -0.1) is 0 Å². The van der Waals surface area contributed by atoms with Crippen molar-refractivity contribution in [1.82, 2.24) is 4.90 Å². The van der Waals surface area contributed by atoms with E-state index in [1.165, 1.54) is 6.92 Å². The second-order valence-corrected chi connectivity index (χ2v) is 7.69. The SMILES string of the molecule is CC(=O)Nc1ccc(NC(=O)CN2CCC[C@H]2c2ccc3c(c2)OCCCO3)cc1. The van der Waals surface area contributed by atoms with Gasteiger partial charge in [0.2, 0.25) is 11.8 Å². The lowest BCUT2D eigenvalue weighted by Crippen LogP contribution is -2.32. The summed E-state index contributed by atoms with van der Waals surface area (Å²) in [5.74, 6) is 1.41. The number of nitrogens with one attached hydrogen (secondary N) is 2. The largest absolute Gasteiger partial charge is 0.490 e. The minimum Gasteiger partial charge on any atom is -0.490 e. The number of nitrogens with zero attached hydrogens (tertiary/aromatic N) is 1. The molecule has 0 bridgehead atoms. The molecular weight excluding hydrogens is 382 g/mol. The van der Waals surface area contributed by atoms with Crippen molar-refractivity contribution in [3.8, 4) is 11.5 Å². The van der Waals surface area contributed by atoms with Gasteiger partial charge in [-0.1, -0.05) is 6.07 Å². The van der Waals surface area contributed by atoms with Crippen LogP contribution in [0, 0.1) is 0 Å². The number of carbonyl (C=O) groups excluding carboxylic acids is 2. The van der Waals surface area contributed by atoms with Crippen LogP contribution in [0.2, 0.25) is 0 Å². The number of rotatable bonds is 5. The van der Waals surface area contributed by atoms with Gasteiger partial charge in [-0.3, -0.25) is 14.5 Å². The molecule has 2 N–H and O–H groups in total. The van der Waals surface area contributed by atoms with Crippen molar-refractivity contribution in [1.29, 1.82) is 0 Å². The fraction of sp³-hybridized carbons (Fsp3) is 0.391. The molecule has 4 rings (SSSR count). The van der Waals surface area contributed by atoms with E-state index in [1.54, 1.807) is 24.3 Å². The second-order valence-electron chi connectivity index (χ2n) is 7.69. The van der Waals surface area contributed by atoms with Crippen molar-refractivity contribution in [2.75, 3.05) is 36.9 Å². The first-order chi connectivity index (χ1) is 14.6. The van der Waals surface area contributed by atoms with Gasteiger partial charge in [0.05, 0.1) is 19.8 Å². The van der Waals surface area contributed by atoms with Gasteiger partial charge >= 0.3 is 0 Å². The highest BCUT2D eigenvalue weighted by atomic mass is 16.5. The monoisotopic (exact) mass is 409 g/mol. The van der Waals surface area contributed by atoms with E-state index >= 15 is 0 Å². The molecule has 0 saturated carbocycles. The summed E-state index contributed by atoms with van der Waals surface area (Å²) in [5, 5.41) is 5.66. The number of hydrogen-bond donors (Lipinski definition) is 2. The highest BCUT2D eigenvalue weighted by Gasteiger charge is 2.28. The van der Waals surface area contributed by atoms with Gasteiger partial charge in [0.15, 0.2) is 11.5 Å². The molecule has 7 heteroatoms. The predicted octanol–water partition coefficient (Wildman–Crippen LogP) is 3.58. The molecule has 1 fully saturated rings. The van der Waals surface area contributed by atoms with E-state index in [9.17, 15) is 9.59 Å². The van der Waals surface area contributed by atoms with Crippen molar-refractivity contribution in [2.24, 2.45) is 0 Å². The minimum atomic E-state index is -0.123. The van der Waals surface area contributed by atoms with E-state index < -0.39 is 0 Å². The van der Waals surface area contributed by atoms with Crippen LogP contribution >= 0.6 is 0 Å². The predicted molar refractivity (Wildman–Crippen MR) is 115 cm³/mol. The maximum Gasteiger partial charge on any atom is 0.238 e. The Bertz CT molecular complexity index is 913. The van der Waals surface area contributed by atoms with Crippen LogP contribution in [0.4, 0.5) is 11.4 Å². The minimum absolute atomic E-state index is 0.0523. The van der Waals surface area contributed by atoms with E-state index in [4.69, 9.17) is 9.47 Å². The number of fused-ring (bicyclic) bond motifs is 1. The first kappa shape index (κ1) is 20.2. The van der Waals surface area contributed by atoms with Crippen molar-refractivity contribution in [3.05, 3.63) is 48.0 Å². The molecule has 0 radical (unpaired) electrons. The summed E-state index contributed by atoms with van der Waals surface area (Å²) in [5.41, 5.74) is 2.57. The van der Waals surface area contributed by atoms with Gasteiger partial charge in [-0.2, -0.15) is 0 Å². The number of ether oxygens (including phenoxy) is 2. The summed E-state index contributed by atoms with van der Waals surface area (Å²) in [6, 6.07) is 13.4. The Morgan fingerprint density at radius 3 is 2.40 bits per heavy atom. The van der Waals surface area contributed by atoms with Crippen molar-refractivity contribution in [2.45, 2.75) is 32.2 Å². The number of amides is 2. The van der Waals surface area contributed by atoms with E-state index in [0.717, 1.165) is 42.9 Å². The van der Waals surface area contributed by atoms with Crippen molar-refractivity contribution < 1.29 is 19.1 Å². The Labute approximate surface area is 176 Å². The number of benzene rings is 2. The first-order valence-electron chi connectivity index (χ1n) is 10.4. The van der Waals surface area contributed by atoms with Gasteiger partial charge < -0.3 is 20.1 Å². The third-order valence-corrected chi connectivity index (χ3v) is 5.36. The van der Waals surface area contributed by atoms with E-state index in [2.05, 4.69) is 27.7 Å². The van der Waals surface area contributed by atoms with Gasteiger partial charge in [-0.25, -0.2) is 0 Å². The zero-order valence-electron chi connectivity index (χ0n) is 17.1. The molecule has 2 amide bonds. The van der Waals surface area contributed by atoms with Crippen LogP contribution in [0.25, 0.3) is 0 Å². The molecule has 2 aliphatic rings. The number of anilines is 2. The molecule has 0 unspecified atom stereocenters. The average Bonchev–Trinajstić information content (AvgIpc) is 3.04. The Kier molecular flexibility index (Phi) is 6.18. The Morgan fingerprint density at radius 1 is 0.967 bits per heavy atom. The molecule has 30 heavy (non-hydrogen) atoms. The molecule has 2 aromatic carbocycles. The van der Waals surface area contributed by atoms with Crippen LogP contribution in [0.15, 0.2) is 42.5 Å². The lowest BCUT2D eigenvalue weighted by Gasteiger charge is -2.25. The Balaban J connectivity index is 1.38. The van der Waals surface area contributed by atoms with E-state index in [0.29, 0.717) is 31.1 Å². The third-order valence-electron chi connectivity index (χ3n) is 5.36. The highest BCUT2D eigenvalue weighted by Crippen LogP contribution is 2.37. The maximum atomic E-state index is 12.6. The smallest absolute Gasteiger partial charge is 0.238 e. The molecule has 0 spiro atoms. The van der Waals surface area contributed by atoms with Gasteiger partial charge in [0.1, 0.15) is 0 Å². The van der Waals surface area contributed by atoms with Crippen molar-refractivity contribution >= 4 is 23.2 Å². The molecule has 158 valence electrons. The standard InChI is InChI=1S/C23H27N3O4/c1-16(27)24-18-6-8-19(9-7-18)25-23(28)15-26-11-2-4-20(26)17-5-10-21-22(14-17)30-13-3-12-29-21/h5-10,14,20H,2-4,11-13,15H2,1H3,(H,24,27)(H,25,28)/t20-/m0/s1. The summed E-state index contributed by atoms with van der Waals surface area (Å²) in [4.78, 5) is 25.9. The first-order valence-corrected chi connectivity index (χ1v) is 10.4. The molecule has 2 aliphatic heterocycles. The lowest BCUT2D eigenvalue weighted by molar-refractivity contribution is -0.117. The Hall–Kier alpha value is -3.06. The van der Waals surface area contributed by atoms with E-state index in [-0.39, 0.29) is 17.9 Å². The summed E-state index contributed by atoms with van der Waals surface area (Å²) in [7, 11) is 0. The molecule has 1 saturated heterocycles. The number of hydrogen-bond acceptors (Lipinski definition) is 5. The summed E-state index contributed by atoms with van der Waals surface area (Å²) < 4.78 is 11.6. The molecule has 0 aromatic heterocycles. The zero-order chi connectivity index (χ0) is 20.9. The van der Waals surface area contributed by atoms with Crippen LogP contribution in [0.3, 0.4) is 0 Å². The van der Waals surface area contributed by atoms with Crippen LogP contribution < -0.4 is 20.1 Å². The fourth-order valence-corrected chi connectivity index (χ4v) is 4.01. The highest BCUT2D eigenvalue weighted by molar-refractivity contribution is 5.93.